The minimum absolute atomic E-state index is 0.257. The van der Waals surface area contributed by atoms with Crippen LogP contribution in [-0.2, 0) is 27.2 Å². The highest BCUT2D eigenvalue weighted by Gasteiger charge is 2.28. The van der Waals surface area contributed by atoms with E-state index >= 15 is 0 Å². The average molecular weight is 832 g/mol. The van der Waals surface area contributed by atoms with Crippen molar-refractivity contribution in [2.24, 2.45) is 0 Å². The van der Waals surface area contributed by atoms with Crippen LogP contribution in [0.5, 0.6) is 0 Å². The smallest absolute Gasteiger partial charge is 0.408 e. The zero-order valence-electron chi connectivity index (χ0n) is 36.1. The number of aryl methyl sites for hydroxylation is 2. The van der Waals surface area contributed by atoms with Crippen LogP contribution in [0.1, 0.15) is 77.3 Å². The maximum atomic E-state index is 14.3. The van der Waals surface area contributed by atoms with Crippen molar-refractivity contribution in [1.82, 2.24) is 35.9 Å². The molecule has 0 saturated carbocycles. The van der Waals surface area contributed by atoms with E-state index in [-0.39, 0.29) is 5.91 Å². The maximum Gasteiger partial charge on any atom is 0.408 e. The Balaban J connectivity index is 1.20. The van der Waals surface area contributed by atoms with Crippen LogP contribution in [0.25, 0.3) is 45.0 Å². The van der Waals surface area contributed by atoms with E-state index in [1.807, 2.05) is 72.8 Å². The number of unbranched alkanes of at least 4 members (excludes halogenated alkanes) is 1. The normalized spacial score (nSPS) is 12.2. The number of alkyl carbamates (subject to hydrolysis) is 1. The van der Waals surface area contributed by atoms with Crippen molar-refractivity contribution in [3.05, 3.63) is 145 Å². The SMILES string of the molecule is CCCCNC(=O)[C@H](CCCc1cc(-c2ccccn2)cc(-c2ccccn2)c1)NC(=O)[C@H](CCCc1cc(-c2ccccn2)cc(-c2ccccn2)c1)NC(=O)OC(C)(C)C. The maximum absolute atomic E-state index is 14.3. The molecule has 6 aromatic rings. The molecular formula is C51H57N7O4. The van der Waals surface area contributed by atoms with Gasteiger partial charge in [-0.15, -0.1) is 0 Å². The van der Waals surface area contributed by atoms with Gasteiger partial charge in [0, 0.05) is 53.6 Å². The Kier molecular flexibility index (Phi) is 16.0. The van der Waals surface area contributed by atoms with Gasteiger partial charge < -0.3 is 20.7 Å². The molecule has 6 rings (SSSR count). The number of hydrogen-bond acceptors (Lipinski definition) is 8. The summed E-state index contributed by atoms with van der Waals surface area (Å²) in [4.78, 5) is 59.5. The van der Waals surface area contributed by atoms with Gasteiger partial charge in [0.1, 0.15) is 17.7 Å². The van der Waals surface area contributed by atoms with Gasteiger partial charge in [0.2, 0.25) is 11.8 Å². The van der Waals surface area contributed by atoms with Crippen LogP contribution in [0, 0.1) is 0 Å². The molecule has 320 valence electrons. The van der Waals surface area contributed by atoms with Gasteiger partial charge in [-0.3, -0.25) is 29.5 Å². The molecule has 2 aromatic carbocycles. The molecule has 3 N–H and O–H groups in total. The minimum atomic E-state index is -0.957. The first kappa shape index (κ1) is 44.8. The molecule has 0 spiro atoms. The Hall–Kier alpha value is -6.75. The molecule has 62 heavy (non-hydrogen) atoms. The number of pyridine rings is 4. The molecule has 0 bridgehead atoms. The number of benzene rings is 2. The van der Waals surface area contributed by atoms with Crippen LogP contribution in [0.4, 0.5) is 4.79 Å². The van der Waals surface area contributed by atoms with Gasteiger partial charge in [0.05, 0.1) is 22.8 Å². The summed E-state index contributed by atoms with van der Waals surface area (Å²) >= 11 is 0. The van der Waals surface area contributed by atoms with Gasteiger partial charge in [-0.1, -0.05) is 37.6 Å². The third-order valence-electron chi connectivity index (χ3n) is 10.2. The van der Waals surface area contributed by atoms with Gasteiger partial charge in [0.15, 0.2) is 0 Å². The lowest BCUT2D eigenvalue weighted by Gasteiger charge is -2.25. The van der Waals surface area contributed by atoms with Crippen molar-refractivity contribution < 1.29 is 19.1 Å². The number of amides is 3. The third-order valence-corrected chi connectivity index (χ3v) is 10.2. The second-order valence-corrected chi connectivity index (χ2v) is 16.4. The van der Waals surface area contributed by atoms with Crippen LogP contribution in [0.3, 0.4) is 0 Å². The van der Waals surface area contributed by atoms with E-state index in [0.29, 0.717) is 45.1 Å². The molecule has 0 saturated heterocycles. The molecule has 3 amide bonds. The largest absolute Gasteiger partial charge is 0.444 e. The summed E-state index contributed by atoms with van der Waals surface area (Å²) in [5.41, 5.74) is 8.57. The van der Waals surface area contributed by atoms with Crippen molar-refractivity contribution >= 4 is 17.9 Å². The monoisotopic (exact) mass is 831 g/mol. The molecule has 0 radical (unpaired) electrons. The molecule has 11 heteroatoms. The summed E-state index contributed by atoms with van der Waals surface area (Å²) in [6.07, 6.45) is 11.2. The first-order valence-electron chi connectivity index (χ1n) is 21.6. The van der Waals surface area contributed by atoms with Crippen LogP contribution in [0.15, 0.2) is 134 Å². The second kappa shape index (κ2) is 22.2. The van der Waals surface area contributed by atoms with Crippen LogP contribution in [-0.4, -0.2) is 62.1 Å². The molecule has 0 aliphatic rings. The van der Waals surface area contributed by atoms with Gasteiger partial charge in [-0.05, 0) is 162 Å². The highest BCUT2D eigenvalue weighted by molar-refractivity contribution is 5.91. The van der Waals surface area contributed by atoms with E-state index in [4.69, 9.17) is 4.74 Å². The zero-order chi connectivity index (χ0) is 43.7. The minimum Gasteiger partial charge on any atom is -0.444 e. The number of carbonyl (C=O) groups excluding carboxylic acids is 3. The van der Waals surface area contributed by atoms with Gasteiger partial charge >= 0.3 is 6.09 Å². The van der Waals surface area contributed by atoms with Crippen LogP contribution < -0.4 is 16.0 Å². The number of nitrogens with zero attached hydrogens (tertiary/aromatic N) is 4. The summed E-state index contributed by atoms with van der Waals surface area (Å²) in [5, 5.41) is 8.86. The second-order valence-electron chi connectivity index (χ2n) is 16.4. The topological polar surface area (TPSA) is 148 Å². The first-order valence-corrected chi connectivity index (χ1v) is 21.6. The van der Waals surface area contributed by atoms with E-state index in [1.165, 1.54) is 0 Å². The number of aromatic nitrogens is 4. The molecule has 4 aromatic heterocycles. The highest BCUT2D eigenvalue weighted by atomic mass is 16.6. The Bertz CT molecular complexity index is 2240. The lowest BCUT2D eigenvalue weighted by atomic mass is 9.96. The molecule has 0 aliphatic carbocycles. The lowest BCUT2D eigenvalue weighted by Crippen LogP contribution is -2.54. The number of hydrogen-bond donors (Lipinski definition) is 3. The molecule has 11 nitrogen and oxygen atoms in total. The molecular weight excluding hydrogens is 775 g/mol. The van der Waals surface area contributed by atoms with E-state index in [1.54, 1.807) is 45.6 Å². The molecule has 0 fully saturated rings. The predicted octanol–water partition coefficient (Wildman–Crippen LogP) is 9.57. The average Bonchev–Trinajstić information content (AvgIpc) is 3.28. The Morgan fingerprint density at radius 1 is 0.548 bits per heavy atom. The lowest BCUT2D eigenvalue weighted by molar-refractivity contribution is -0.130. The standard InChI is InChI=1S/C51H57N7O4/c1-5-6-25-56-48(59)46(23-15-17-36-30-38(42-19-7-11-26-52-42)34-39(31-36)43-20-8-12-27-53-43)57-49(60)47(58-50(61)62-51(2,3)4)24-16-18-37-32-40(44-21-9-13-28-54-44)35-41(33-37)45-22-10-14-29-55-45/h7-14,19-22,26-35,46-47H,5-6,15-18,23-25H2,1-4H3,(H,56,59)(H,57,60)(H,58,61)/t46-,47-/m0/s1. The third kappa shape index (κ3) is 13.6. The summed E-state index contributed by atoms with van der Waals surface area (Å²) in [6.45, 7) is 7.89. The molecule has 0 aliphatic heterocycles. The fourth-order valence-electron chi connectivity index (χ4n) is 7.19. The fourth-order valence-corrected chi connectivity index (χ4v) is 7.19. The Morgan fingerprint density at radius 2 is 0.952 bits per heavy atom. The molecule has 2 atom stereocenters. The van der Waals surface area contributed by atoms with Crippen molar-refractivity contribution in [1.29, 1.82) is 0 Å². The quantitative estimate of drug-likeness (QED) is 0.0684. The fraction of sp³-hybridized carbons (Fsp3) is 0.314. The number of nitrogens with one attached hydrogen (secondary N) is 3. The van der Waals surface area contributed by atoms with Crippen molar-refractivity contribution in [3.8, 4) is 45.0 Å². The van der Waals surface area contributed by atoms with Crippen molar-refractivity contribution in [2.45, 2.75) is 96.7 Å². The highest BCUT2D eigenvalue weighted by Crippen LogP contribution is 2.29. The Morgan fingerprint density at radius 3 is 1.31 bits per heavy atom. The van der Waals surface area contributed by atoms with Gasteiger partial charge in [0.25, 0.3) is 0 Å². The molecule has 0 unspecified atom stereocenters. The predicted molar refractivity (Wildman–Crippen MR) is 245 cm³/mol. The van der Waals surface area contributed by atoms with Gasteiger partial charge in [-0.2, -0.15) is 0 Å². The van der Waals surface area contributed by atoms with Crippen LogP contribution in [0.2, 0.25) is 0 Å². The van der Waals surface area contributed by atoms with Crippen LogP contribution >= 0.6 is 0 Å². The van der Waals surface area contributed by atoms with Crippen molar-refractivity contribution in [3.63, 3.8) is 0 Å². The Labute approximate surface area is 365 Å². The van der Waals surface area contributed by atoms with Gasteiger partial charge in [-0.25, -0.2) is 4.79 Å². The number of rotatable bonds is 19. The summed E-state index contributed by atoms with van der Waals surface area (Å²) in [5.74, 6) is -0.704. The van der Waals surface area contributed by atoms with E-state index in [0.717, 1.165) is 69.0 Å². The van der Waals surface area contributed by atoms with E-state index in [2.05, 4.69) is 79.2 Å². The summed E-state index contributed by atoms with van der Waals surface area (Å²) in [6, 6.07) is 34.1. The summed E-state index contributed by atoms with van der Waals surface area (Å²) in [7, 11) is 0. The van der Waals surface area contributed by atoms with E-state index < -0.39 is 29.7 Å². The number of ether oxygens (including phenoxy) is 1. The van der Waals surface area contributed by atoms with E-state index in [9.17, 15) is 14.4 Å². The van der Waals surface area contributed by atoms with Crippen molar-refractivity contribution in [2.75, 3.05) is 6.54 Å². The first-order chi connectivity index (χ1) is 30.0. The number of carbonyl (C=O) groups is 3. The molecule has 4 heterocycles. The zero-order valence-corrected chi connectivity index (χ0v) is 36.1. The summed E-state index contributed by atoms with van der Waals surface area (Å²) < 4.78 is 5.60.